The molecule has 0 saturated heterocycles. The number of halogens is 3. The summed E-state index contributed by atoms with van der Waals surface area (Å²) in [6.07, 6.45) is 0. The Balaban J connectivity index is 2.46. The molecule has 2 aromatic rings. The van der Waals surface area contributed by atoms with Crippen molar-refractivity contribution < 1.29 is 9.18 Å². The van der Waals surface area contributed by atoms with Gasteiger partial charge < -0.3 is 0 Å². The Labute approximate surface area is 113 Å². The molecule has 0 amide bonds. The van der Waals surface area contributed by atoms with Crippen molar-refractivity contribution >= 4 is 49.0 Å². The molecule has 0 bridgehead atoms. The lowest BCUT2D eigenvalue weighted by molar-refractivity contribution is 0.103. The van der Waals surface area contributed by atoms with Gasteiger partial charge in [-0.1, -0.05) is 15.9 Å². The van der Waals surface area contributed by atoms with Crippen LogP contribution >= 0.6 is 43.2 Å². The minimum atomic E-state index is -0.516. The van der Waals surface area contributed by atoms with E-state index in [1.54, 1.807) is 16.8 Å². The van der Waals surface area contributed by atoms with Crippen molar-refractivity contribution in [2.24, 2.45) is 0 Å². The van der Waals surface area contributed by atoms with Gasteiger partial charge in [0, 0.05) is 25.3 Å². The highest BCUT2D eigenvalue weighted by atomic mass is 79.9. The van der Waals surface area contributed by atoms with Crippen molar-refractivity contribution in [2.75, 3.05) is 0 Å². The van der Waals surface area contributed by atoms with Crippen molar-refractivity contribution in [1.29, 1.82) is 0 Å². The minimum Gasteiger partial charge on any atom is -0.288 e. The molecule has 0 radical (unpaired) electrons. The number of rotatable bonds is 2. The summed E-state index contributed by atoms with van der Waals surface area (Å²) in [4.78, 5) is 12.0. The molecule has 5 heteroatoms. The van der Waals surface area contributed by atoms with Crippen LogP contribution in [0, 0.1) is 5.82 Å². The SMILES string of the molecule is O=C(c1ccc(Br)cc1F)c1cscc1Br. The van der Waals surface area contributed by atoms with E-state index in [0.717, 1.165) is 0 Å². The van der Waals surface area contributed by atoms with E-state index in [-0.39, 0.29) is 11.3 Å². The molecule has 1 aromatic heterocycles. The molecular formula is C11H5Br2FOS. The lowest BCUT2D eigenvalue weighted by Gasteiger charge is -2.02. The second-order valence-electron chi connectivity index (χ2n) is 3.09. The van der Waals surface area contributed by atoms with Crippen molar-refractivity contribution in [3.05, 3.63) is 54.8 Å². The van der Waals surface area contributed by atoms with Gasteiger partial charge in [0.1, 0.15) is 5.82 Å². The Morgan fingerprint density at radius 2 is 1.94 bits per heavy atom. The molecule has 0 spiro atoms. The Morgan fingerprint density at radius 3 is 2.50 bits per heavy atom. The number of carbonyl (C=O) groups excluding carboxylic acids is 1. The van der Waals surface area contributed by atoms with Crippen LogP contribution in [0.2, 0.25) is 0 Å². The number of hydrogen-bond acceptors (Lipinski definition) is 2. The number of thiophene rings is 1. The van der Waals surface area contributed by atoms with Crippen LogP contribution in [0.1, 0.15) is 15.9 Å². The maximum Gasteiger partial charge on any atom is 0.197 e. The van der Waals surface area contributed by atoms with Crippen LogP contribution in [0.4, 0.5) is 4.39 Å². The first-order valence-electron chi connectivity index (χ1n) is 4.31. The number of hydrogen-bond donors (Lipinski definition) is 0. The summed E-state index contributed by atoms with van der Waals surface area (Å²) >= 11 is 7.81. The zero-order chi connectivity index (χ0) is 11.7. The van der Waals surface area contributed by atoms with Gasteiger partial charge in [-0.2, -0.15) is 11.3 Å². The minimum absolute atomic E-state index is 0.0855. The van der Waals surface area contributed by atoms with Gasteiger partial charge in [0.15, 0.2) is 5.78 Å². The molecule has 1 aromatic carbocycles. The monoisotopic (exact) mass is 362 g/mol. The van der Waals surface area contributed by atoms with E-state index in [9.17, 15) is 9.18 Å². The van der Waals surface area contributed by atoms with Gasteiger partial charge in [0.05, 0.1) is 5.56 Å². The van der Waals surface area contributed by atoms with Gasteiger partial charge in [-0.3, -0.25) is 4.79 Å². The van der Waals surface area contributed by atoms with E-state index in [0.29, 0.717) is 14.5 Å². The third-order valence-electron chi connectivity index (χ3n) is 2.04. The van der Waals surface area contributed by atoms with Crippen LogP contribution in [-0.4, -0.2) is 5.78 Å². The molecule has 0 aliphatic rings. The standard InChI is InChI=1S/C11H5Br2FOS/c12-6-1-2-7(10(14)3-6)11(15)8-4-16-5-9(8)13/h1-5H. The molecule has 0 aliphatic carbocycles. The average Bonchev–Trinajstić information content (AvgIpc) is 2.63. The number of ketones is 1. The average molecular weight is 364 g/mol. The highest BCUT2D eigenvalue weighted by molar-refractivity contribution is 9.10. The van der Waals surface area contributed by atoms with E-state index in [1.807, 2.05) is 0 Å². The van der Waals surface area contributed by atoms with Gasteiger partial charge in [-0.15, -0.1) is 0 Å². The van der Waals surface area contributed by atoms with Crippen LogP contribution < -0.4 is 0 Å². The summed E-state index contributed by atoms with van der Waals surface area (Å²) in [6, 6.07) is 4.41. The summed E-state index contributed by atoms with van der Waals surface area (Å²) in [7, 11) is 0. The van der Waals surface area contributed by atoms with Crippen LogP contribution in [0.5, 0.6) is 0 Å². The van der Waals surface area contributed by atoms with Gasteiger partial charge in [-0.05, 0) is 34.1 Å². The molecule has 0 aliphatic heterocycles. The Hall–Kier alpha value is -0.520. The molecule has 0 atom stereocenters. The Kier molecular flexibility index (Phi) is 3.56. The molecule has 82 valence electrons. The smallest absolute Gasteiger partial charge is 0.197 e. The highest BCUT2D eigenvalue weighted by Crippen LogP contribution is 2.25. The largest absolute Gasteiger partial charge is 0.288 e. The van der Waals surface area contributed by atoms with Gasteiger partial charge in [-0.25, -0.2) is 4.39 Å². The maximum absolute atomic E-state index is 13.6. The molecular weight excluding hydrogens is 359 g/mol. The molecule has 0 saturated carbocycles. The number of carbonyl (C=O) groups is 1. The maximum atomic E-state index is 13.6. The predicted octanol–water partition coefficient (Wildman–Crippen LogP) is 4.64. The van der Waals surface area contributed by atoms with E-state index in [4.69, 9.17) is 0 Å². The fourth-order valence-electron chi connectivity index (χ4n) is 1.26. The molecule has 1 heterocycles. The fraction of sp³-hybridized carbons (Fsp3) is 0. The van der Waals surface area contributed by atoms with Crippen LogP contribution in [0.15, 0.2) is 37.9 Å². The number of benzene rings is 1. The van der Waals surface area contributed by atoms with Crippen LogP contribution in [0.25, 0.3) is 0 Å². The van der Waals surface area contributed by atoms with Crippen molar-refractivity contribution in [3.8, 4) is 0 Å². The van der Waals surface area contributed by atoms with E-state index in [1.165, 1.54) is 23.5 Å². The summed E-state index contributed by atoms with van der Waals surface area (Å²) in [5.74, 6) is -0.824. The second-order valence-corrected chi connectivity index (χ2v) is 5.60. The lowest BCUT2D eigenvalue weighted by atomic mass is 10.1. The van der Waals surface area contributed by atoms with Gasteiger partial charge >= 0.3 is 0 Å². The summed E-state index contributed by atoms with van der Waals surface area (Å²) < 4.78 is 14.9. The van der Waals surface area contributed by atoms with Gasteiger partial charge in [0.2, 0.25) is 0 Å². The van der Waals surface area contributed by atoms with E-state index in [2.05, 4.69) is 31.9 Å². The molecule has 2 rings (SSSR count). The first-order valence-corrected chi connectivity index (χ1v) is 6.84. The summed E-state index contributed by atoms with van der Waals surface area (Å²) in [6.45, 7) is 0. The topological polar surface area (TPSA) is 17.1 Å². The quantitative estimate of drug-likeness (QED) is 0.710. The molecule has 0 unspecified atom stereocenters. The molecule has 1 nitrogen and oxygen atoms in total. The van der Waals surface area contributed by atoms with Gasteiger partial charge in [0.25, 0.3) is 0 Å². The lowest BCUT2D eigenvalue weighted by Crippen LogP contribution is -2.03. The van der Waals surface area contributed by atoms with Crippen molar-refractivity contribution in [1.82, 2.24) is 0 Å². The van der Waals surface area contributed by atoms with E-state index < -0.39 is 5.82 Å². The third-order valence-corrected chi connectivity index (χ3v) is 4.23. The summed E-state index contributed by atoms with van der Waals surface area (Å²) in [5.41, 5.74) is 0.577. The van der Waals surface area contributed by atoms with Crippen molar-refractivity contribution in [3.63, 3.8) is 0 Å². The summed E-state index contributed by atoms with van der Waals surface area (Å²) in [5, 5.41) is 3.50. The van der Waals surface area contributed by atoms with Crippen LogP contribution in [-0.2, 0) is 0 Å². The Bertz CT molecular complexity index is 551. The Morgan fingerprint density at radius 1 is 1.19 bits per heavy atom. The zero-order valence-electron chi connectivity index (χ0n) is 7.84. The zero-order valence-corrected chi connectivity index (χ0v) is 11.8. The third kappa shape index (κ3) is 2.26. The van der Waals surface area contributed by atoms with Crippen molar-refractivity contribution in [2.45, 2.75) is 0 Å². The predicted molar refractivity (Wildman–Crippen MR) is 69.6 cm³/mol. The normalized spacial score (nSPS) is 10.4. The fourth-order valence-corrected chi connectivity index (χ4v) is 3.05. The molecule has 0 fully saturated rings. The first-order chi connectivity index (χ1) is 7.59. The second kappa shape index (κ2) is 4.77. The van der Waals surface area contributed by atoms with E-state index >= 15 is 0 Å². The molecule has 16 heavy (non-hydrogen) atoms. The highest BCUT2D eigenvalue weighted by Gasteiger charge is 2.17. The first kappa shape index (κ1) is 12.0. The van der Waals surface area contributed by atoms with Crippen LogP contribution in [0.3, 0.4) is 0 Å². The molecule has 0 N–H and O–H groups in total.